The van der Waals surface area contributed by atoms with E-state index in [0.717, 1.165) is 21.2 Å². The molecule has 4 nitrogen and oxygen atoms in total. The quantitative estimate of drug-likeness (QED) is 0.303. The van der Waals surface area contributed by atoms with Crippen LogP contribution in [0.15, 0.2) is 77.3 Å². The number of rotatable bonds is 10. The van der Waals surface area contributed by atoms with Gasteiger partial charge in [-0.1, -0.05) is 87.7 Å². The van der Waals surface area contributed by atoms with E-state index in [1.165, 1.54) is 11.8 Å². The van der Waals surface area contributed by atoms with E-state index in [-0.39, 0.29) is 17.6 Å². The Kier molecular flexibility index (Phi) is 10.3. The molecule has 8 heteroatoms. The Bertz CT molecular complexity index is 1130. The number of amides is 2. The highest BCUT2D eigenvalue weighted by Gasteiger charge is 2.29. The second-order valence-corrected chi connectivity index (χ2v) is 10.4. The molecule has 0 fully saturated rings. The maximum Gasteiger partial charge on any atom is 0.242 e. The molecule has 0 saturated carbocycles. The van der Waals surface area contributed by atoms with Crippen molar-refractivity contribution in [2.45, 2.75) is 24.8 Å². The summed E-state index contributed by atoms with van der Waals surface area (Å²) in [5.41, 5.74) is 2.84. The van der Waals surface area contributed by atoms with Crippen LogP contribution in [0.25, 0.3) is 0 Å². The first-order valence-electron chi connectivity index (χ1n) is 10.7. The normalized spacial score (nSPS) is 11.6. The van der Waals surface area contributed by atoms with Crippen LogP contribution >= 0.6 is 50.9 Å². The average Bonchev–Trinajstić information content (AvgIpc) is 2.83. The average molecular weight is 580 g/mol. The van der Waals surface area contributed by atoms with Gasteiger partial charge in [0.1, 0.15) is 6.04 Å². The Balaban J connectivity index is 1.81. The van der Waals surface area contributed by atoms with Gasteiger partial charge in [-0.2, -0.15) is 0 Å². The van der Waals surface area contributed by atoms with Crippen molar-refractivity contribution in [3.63, 3.8) is 0 Å². The molecule has 3 aromatic carbocycles. The summed E-state index contributed by atoms with van der Waals surface area (Å²) < 4.78 is 0.920. The molecule has 0 aliphatic carbocycles. The standard InChI is InChI=1S/C26H25BrCl2N2O2S/c1-30-26(33)24(13-18-6-3-2-4-7-18)31(15-19-8-5-9-21(27)12-19)25(32)17-34-16-20-10-11-22(28)14-23(20)29/h2-12,14,24H,13,15-17H2,1H3,(H,30,33). The molecule has 178 valence electrons. The van der Waals surface area contributed by atoms with Crippen LogP contribution < -0.4 is 5.32 Å². The lowest BCUT2D eigenvalue weighted by atomic mass is 10.0. The van der Waals surface area contributed by atoms with E-state index in [1.807, 2.05) is 60.7 Å². The minimum atomic E-state index is -0.640. The van der Waals surface area contributed by atoms with E-state index in [2.05, 4.69) is 21.2 Å². The summed E-state index contributed by atoms with van der Waals surface area (Å²) in [5.74, 6) is 0.475. The number of carbonyl (C=O) groups is 2. The monoisotopic (exact) mass is 578 g/mol. The predicted octanol–water partition coefficient (Wildman–Crippen LogP) is 6.38. The van der Waals surface area contributed by atoms with Gasteiger partial charge in [0.2, 0.25) is 11.8 Å². The van der Waals surface area contributed by atoms with Crippen LogP contribution in [0.5, 0.6) is 0 Å². The van der Waals surface area contributed by atoms with Crippen molar-refractivity contribution in [1.82, 2.24) is 10.2 Å². The molecule has 0 bridgehead atoms. The zero-order valence-corrected chi connectivity index (χ0v) is 22.6. The number of carbonyl (C=O) groups excluding carboxylic acids is 2. The van der Waals surface area contributed by atoms with Crippen LogP contribution in [0.1, 0.15) is 16.7 Å². The molecule has 0 saturated heterocycles. The molecular weight excluding hydrogens is 555 g/mol. The maximum atomic E-state index is 13.5. The Morgan fingerprint density at radius 2 is 1.74 bits per heavy atom. The fourth-order valence-corrected chi connectivity index (χ4v) is 5.44. The highest BCUT2D eigenvalue weighted by atomic mass is 79.9. The van der Waals surface area contributed by atoms with E-state index in [9.17, 15) is 9.59 Å². The molecule has 1 N–H and O–H groups in total. The van der Waals surface area contributed by atoms with Crippen molar-refractivity contribution in [2.75, 3.05) is 12.8 Å². The number of thioether (sulfide) groups is 1. The van der Waals surface area contributed by atoms with Crippen molar-refractivity contribution in [1.29, 1.82) is 0 Å². The number of nitrogens with zero attached hydrogens (tertiary/aromatic N) is 1. The van der Waals surface area contributed by atoms with Gasteiger partial charge in [-0.15, -0.1) is 11.8 Å². The number of hydrogen-bond donors (Lipinski definition) is 1. The molecule has 0 radical (unpaired) electrons. The van der Waals surface area contributed by atoms with Crippen molar-refractivity contribution in [2.24, 2.45) is 0 Å². The van der Waals surface area contributed by atoms with Gasteiger partial charge < -0.3 is 10.2 Å². The summed E-state index contributed by atoms with van der Waals surface area (Å²) in [6, 6.07) is 22.2. The number of nitrogens with one attached hydrogen (secondary N) is 1. The minimum absolute atomic E-state index is 0.111. The van der Waals surface area contributed by atoms with E-state index < -0.39 is 6.04 Å². The molecule has 0 aliphatic heterocycles. The minimum Gasteiger partial charge on any atom is -0.357 e. The van der Waals surface area contributed by atoms with Crippen LogP contribution in [-0.2, 0) is 28.3 Å². The van der Waals surface area contributed by atoms with E-state index >= 15 is 0 Å². The lowest BCUT2D eigenvalue weighted by Crippen LogP contribution is -2.50. The van der Waals surface area contributed by atoms with Gasteiger partial charge in [-0.25, -0.2) is 0 Å². The van der Waals surface area contributed by atoms with Crippen molar-refractivity contribution >= 4 is 62.7 Å². The number of likely N-dealkylation sites (N-methyl/N-ethyl adjacent to an activating group) is 1. The first-order valence-corrected chi connectivity index (χ1v) is 13.4. The van der Waals surface area contributed by atoms with Crippen molar-refractivity contribution in [3.8, 4) is 0 Å². The van der Waals surface area contributed by atoms with E-state index in [4.69, 9.17) is 23.2 Å². The second kappa shape index (κ2) is 13.2. The van der Waals surface area contributed by atoms with Crippen LogP contribution in [0, 0.1) is 0 Å². The van der Waals surface area contributed by atoms with E-state index in [1.54, 1.807) is 24.1 Å². The van der Waals surface area contributed by atoms with Gasteiger partial charge >= 0.3 is 0 Å². The number of halogens is 3. The highest BCUT2D eigenvalue weighted by Crippen LogP contribution is 2.25. The summed E-state index contributed by atoms with van der Waals surface area (Å²) in [4.78, 5) is 28.1. The van der Waals surface area contributed by atoms with Crippen molar-refractivity contribution in [3.05, 3.63) is 104 Å². The molecule has 3 rings (SSSR count). The molecule has 3 aromatic rings. The smallest absolute Gasteiger partial charge is 0.242 e. The van der Waals surface area contributed by atoms with Crippen LogP contribution in [0.4, 0.5) is 0 Å². The summed E-state index contributed by atoms with van der Waals surface area (Å²) in [6.07, 6.45) is 0.425. The van der Waals surface area contributed by atoms with Crippen LogP contribution in [0.2, 0.25) is 10.0 Å². The molecule has 2 amide bonds. The van der Waals surface area contributed by atoms with Gasteiger partial charge in [0.25, 0.3) is 0 Å². The van der Waals surface area contributed by atoms with Gasteiger partial charge in [0.15, 0.2) is 0 Å². The molecular formula is C26H25BrCl2N2O2S. The SMILES string of the molecule is CNC(=O)C(Cc1ccccc1)N(Cc1cccc(Br)c1)C(=O)CSCc1ccc(Cl)cc1Cl. The zero-order chi connectivity index (χ0) is 24.5. The predicted molar refractivity (Wildman–Crippen MR) is 145 cm³/mol. The Hall–Kier alpha value is -1.99. The summed E-state index contributed by atoms with van der Waals surface area (Å²) >= 11 is 17.2. The lowest BCUT2D eigenvalue weighted by Gasteiger charge is -2.31. The van der Waals surface area contributed by atoms with Crippen LogP contribution in [0.3, 0.4) is 0 Å². The summed E-state index contributed by atoms with van der Waals surface area (Å²) in [7, 11) is 1.60. The van der Waals surface area contributed by atoms with E-state index in [0.29, 0.717) is 28.8 Å². The molecule has 34 heavy (non-hydrogen) atoms. The van der Waals surface area contributed by atoms with Gasteiger partial charge in [-0.3, -0.25) is 9.59 Å². The van der Waals surface area contributed by atoms with Gasteiger partial charge in [-0.05, 0) is 41.0 Å². The summed E-state index contributed by atoms with van der Waals surface area (Å²) in [6.45, 7) is 0.325. The molecule has 1 atom stereocenters. The topological polar surface area (TPSA) is 49.4 Å². The third-order valence-electron chi connectivity index (χ3n) is 5.26. The first-order chi connectivity index (χ1) is 16.4. The highest BCUT2D eigenvalue weighted by molar-refractivity contribution is 9.10. The Labute approximate surface area is 223 Å². The number of hydrogen-bond acceptors (Lipinski definition) is 3. The third kappa shape index (κ3) is 7.77. The molecule has 0 heterocycles. The second-order valence-electron chi connectivity index (χ2n) is 7.70. The van der Waals surface area contributed by atoms with Gasteiger partial charge in [0.05, 0.1) is 5.75 Å². The largest absolute Gasteiger partial charge is 0.357 e. The fraction of sp³-hybridized carbons (Fsp3) is 0.231. The molecule has 0 aromatic heterocycles. The zero-order valence-electron chi connectivity index (χ0n) is 18.6. The molecule has 1 unspecified atom stereocenters. The number of benzene rings is 3. The lowest BCUT2D eigenvalue weighted by molar-refractivity contribution is -0.139. The van der Waals surface area contributed by atoms with Crippen molar-refractivity contribution < 1.29 is 9.59 Å². The Morgan fingerprint density at radius 1 is 1.00 bits per heavy atom. The fourth-order valence-electron chi connectivity index (χ4n) is 3.52. The van der Waals surface area contributed by atoms with Gasteiger partial charge in [0, 0.05) is 40.3 Å². The molecule has 0 aliphatic rings. The third-order valence-corrected chi connectivity index (χ3v) is 7.30. The molecule has 0 spiro atoms. The maximum absolute atomic E-state index is 13.5. The Morgan fingerprint density at radius 3 is 2.41 bits per heavy atom. The first kappa shape index (κ1) is 26.6. The summed E-state index contributed by atoms with van der Waals surface area (Å²) in [5, 5.41) is 3.88. The van der Waals surface area contributed by atoms with Crippen LogP contribution in [-0.4, -0.2) is 35.6 Å².